The van der Waals surface area contributed by atoms with Gasteiger partial charge in [0.15, 0.2) is 0 Å². The topological polar surface area (TPSA) is 56.3 Å². The van der Waals surface area contributed by atoms with Gasteiger partial charge in [0.25, 0.3) is 0 Å². The van der Waals surface area contributed by atoms with Crippen LogP contribution in [0.1, 0.15) is 5.69 Å². The second kappa shape index (κ2) is 5.29. The number of nitrogens with zero attached hydrogens (tertiary/aromatic N) is 1. The van der Waals surface area contributed by atoms with Gasteiger partial charge in [0, 0.05) is 10.7 Å². The molecule has 0 N–H and O–H groups in total. The van der Waals surface area contributed by atoms with E-state index in [1.165, 1.54) is 6.07 Å². The lowest BCUT2D eigenvalue weighted by molar-refractivity contribution is -0.0762. The van der Waals surface area contributed by atoms with Crippen LogP contribution in [0.15, 0.2) is 22.8 Å². The predicted octanol–water partition coefficient (Wildman–Crippen LogP) is 2.80. The Morgan fingerprint density at radius 2 is 1.79 bits per heavy atom. The van der Waals surface area contributed by atoms with E-state index in [0.717, 1.165) is 12.3 Å². The molecule has 0 radical (unpaired) electrons. The van der Waals surface area contributed by atoms with Gasteiger partial charge in [-0.2, -0.15) is 30.4 Å². The summed E-state index contributed by atoms with van der Waals surface area (Å²) in [7, 11) is -6.06. The predicted molar refractivity (Wildman–Crippen MR) is 56.8 cm³/mol. The van der Waals surface area contributed by atoms with Gasteiger partial charge in [-0.25, -0.2) is 0 Å². The zero-order valence-corrected chi connectivity index (χ0v) is 11.2. The van der Waals surface area contributed by atoms with Crippen LogP contribution in [0.4, 0.5) is 22.0 Å². The molecule has 0 fully saturated rings. The normalized spacial score (nSPS) is 13.6. The van der Waals surface area contributed by atoms with Gasteiger partial charge in [-0.1, -0.05) is 0 Å². The molecule has 4 nitrogen and oxygen atoms in total. The Morgan fingerprint density at radius 1 is 1.21 bits per heavy atom. The molecule has 0 saturated heterocycles. The monoisotopic (exact) mass is 369 g/mol. The summed E-state index contributed by atoms with van der Waals surface area (Å²) in [5.41, 5.74) is -6.66. The minimum atomic E-state index is -6.06. The van der Waals surface area contributed by atoms with Gasteiger partial charge in [-0.15, -0.1) is 0 Å². The number of pyridine rings is 1. The van der Waals surface area contributed by atoms with Gasteiger partial charge in [-0.05, 0) is 28.1 Å². The highest BCUT2D eigenvalue weighted by molar-refractivity contribution is 9.10. The molecular formula is C8H5BrF5NO3S. The molecule has 0 spiro atoms. The zero-order valence-electron chi connectivity index (χ0n) is 8.79. The van der Waals surface area contributed by atoms with Gasteiger partial charge < -0.3 is 0 Å². The molecule has 1 aromatic heterocycles. The third kappa shape index (κ3) is 4.08. The van der Waals surface area contributed by atoms with Gasteiger partial charge >= 0.3 is 21.5 Å². The summed E-state index contributed by atoms with van der Waals surface area (Å²) in [4.78, 5) is 3.26. The van der Waals surface area contributed by atoms with Crippen molar-refractivity contribution in [2.24, 2.45) is 0 Å². The Balaban J connectivity index is 2.84. The lowest BCUT2D eigenvalue weighted by atomic mass is 10.2. The SMILES string of the molecule is O=S(=O)(OCC(F)(F)c1ccc(Br)cn1)C(F)(F)F. The molecule has 19 heavy (non-hydrogen) atoms. The number of rotatable bonds is 4. The van der Waals surface area contributed by atoms with E-state index in [1.807, 2.05) is 0 Å². The first-order valence-corrected chi connectivity index (χ1v) is 6.61. The summed E-state index contributed by atoms with van der Waals surface area (Å²) in [6.45, 7) is -1.98. The molecule has 0 aliphatic heterocycles. The van der Waals surface area contributed by atoms with Crippen molar-refractivity contribution in [1.82, 2.24) is 4.98 Å². The maximum absolute atomic E-state index is 13.4. The van der Waals surface area contributed by atoms with Crippen molar-refractivity contribution in [3.8, 4) is 0 Å². The quantitative estimate of drug-likeness (QED) is 0.465. The van der Waals surface area contributed by atoms with Crippen LogP contribution in [0.2, 0.25) is 0 Å². The van der Waals surface area contributed by atoms with Crippen LogP contribution in [-0.4, -0.2) is 25.5 Å². The molecule has 1 aromatic rings. The first-order valence-electron chi connectivity index (χ1n) is 4.41. The van der Waals surface area contributed by atoms with E-state index in [4.69, 9.17) is 0 Å². The minimum absolute atomic E-state index is 0.371. The smallest absolute Gasteiger partial charge is 0.256 e. The Labute approximate surface area is 112 Å². The molecular weight excluding hydrogens is 365 g/mol. The summed E-state index contributed by atoms with van der Waals surface area (Å²) in [6, 6.07) is 2.00. The van der Waals surface area contributed by atoms with Crippen molar-refractivity contribution in [1.29, 1.82) is 0 Å². The van der Waals surface area contributed by atoms with Gasteiger partial charge in [0.2, 0.25) is 0 Å². The maximum atomic E-state index is 13.4. The van der Waals surface area contributed by atoms with Crippen molar-refractivity contribution in [3.05, 3.63) is 28.5 Å². The van der Waals surface area contributed by atoms with Crippen molar-refractivity contribution < 1.29 is 34.6 Å². The molecule has 1 rings (SSSR count). The van der Waals surface area contributed by atoms with Crippen LogP contribution < -0.4 is 0 Å². The summed E-state index contributed by atoms with van der Waals surface area (Å²) >= 11 is 2.93. The van der Waals surface area contributed by atoms with E-state index >= 15 is 0 Å². The van der Waals surface area contributed by atoms with Crippen molar-refractivity contribution >= 4 is 26.0 Å². The van der Waals surface area contributed by atoms with Gasteiger partial charge in [0.1, 0.15) is 12.3 Å². The number of alkyl halides is 5. The largest absolute Gasteiger partial charge is 0.523 e. The fraction of sp³-hybridized carbons (Fsp3) is 0.375. The zero-order chi connectivity index (χ0) is 14.9. The first-order chi connectivity index (χ1) is 8.46. The molecule has 0 unspecified atom stereocenters. The van der Waals surface area contributed by atoms with Crippen LogP contribution in [0.25, 0.3) is 0 Å². The number of halogens is 6. The van der Waals surface area contributed by atoms with Crippen LogP contribution in [0, 0.1) is 0 Å². The summed E-state index contributed by atoms with van der Waals surface area (Å²) in [5, 5.41) is 0. The van der Waals surface area contributed by atoms with E-state index in [0.29, 0.717) is 4.47 Å². The van der Waals surface area contributed by atoms with Gasteiger partial charge in [-0.3, -0.25) is 9.17 Å². The highest BCUT2D eigenvalue weighted by atomic mass is 79.9. The second-order valence-electron chi connectivity index (χ2n) is 3.23. The standard InChI is InChI=1S/C8H5BrF5NO3S/c9-5-1-2-6(15-3-5)7(10,11)4-18-19(16,17)8(12,13)14/h1-3H,4H2. The molecule has 0 aliphatic carbocycles. The lowest BCUT2D eigenvalue weighted by Gasteiger charge is -2.16. The molecule has 0 aromatic carbocycles. The van der Waals surface area contributed by atoms with Crippen LogP contribution in [0.3, 0.4) is 0 Å². The summed E-state index contributed by atoms with van der Waals surface area (Å²) < 4.78 is 87.0. The Morgan fingerprint density at radius 3 is 2.21 bits per heavy atom. The number of hydrogen-bond acceptors (Lipinski definition) is 4. The molecule has 0 amide bonds. The minimum Gasteiger partial charge on any atom is -0.256 e. The van der Waals surface area contributed by atoms with E-state index in [-0.39, 0.29) is 0 Å². The molecule has 108 valence electrons. The van der Waals surface area contributed by atoms with E-state index in [9.17, 15) is 30.4 Å². The third-order valence-corrected chi connectivity index (χ3v) is 3.25. The van der Waals surface area contributed by atoms with Crippen molar-refractivity contribution in [2.75, 3.05) is 6.61 Å². The maximum Gasteiger partial charge on any atom is 0.523 e. The molecule has 1 heterocycles. The first kappa shape index (κ1) is 16.2. The molecule has 0 bridgehead atoms. The second-order valence-corrected chi connectivity index (χ2v) is 5.75. The fourth-order valence-electron chi connectivity index (χ4n) is 0.885. The average Bonchev–Trinajstić information content (AvgIpc) is 2.26. The number of hydrogen-bond donors (Lipinski definition) is 0. The van der Waals surface area contributed by atoms with Crippen LogP contribution in [0.5, 0.6) is 0 Å². The molecule has 11 heteroatoms. The van der Waals surface area contributed by atoms with Crippen LogP contribution in [-0.2, 0) is 20.2 Å². The Hall–Kier alpha value is -0.810. The highest BCUT2D eigenvalue weighted by Gasteiger charge is 2.49. The lowest BCUT2D eigenvalue weighted by Crippen LogP contribution is -2.31. The molecule has 0 aliphatic rings. The Bertz CT molecular complexity index is 542. The number of aromatic nitrogens is 1. The van der Waals surface area contributed by atoms with E-state index in [2.05, 4.69) is 25.1 Å². The fourth-order valence-corrected chi connectivity index (χ4v) is 1.56. The van der Waals surface area contributed by atoms with Crippen molar-refractivity contribution in [2.45, 2.75) is 11.4 Å². The molecule has 0 atom stereocenters. The van der Waals surface area contributed by atoms with Crippen molar-refractivity contribution in [3.63, 3.8) is 0 Å². The van der Waals surface area contributed by atoms with Crippen LogP contribution >= 0.6 is 15.9 Å². The third-order valence-electron chi connectivity index (χ3n) is 1.78. The average molecular weight is 370 g/mol. The summed E-state index contributed by atoms with van der Waals surface area (Å²) in [6.07, 6.45) is 0.988. The van der Waals surface area contributed by atoms with E-state index in [1.54, 1.807) is 0 Å². The molecule has 0 saturated carbocycles. The van der Waals surface area contributed by atoms with Gasteiger partial charge in [0.05, 0.1) is 0 Å². The summed E-state index contributed by atoms with van der Waals surface area (Å²) in [5.74, 6) is -3.97. The Kier molecular flexibility index (Phi) is 4.52. The van der Waals surface area contributed by atoms with E-state index < -0.39 is 33.8 Å². The highest BCUT2D eigenvalue weighted by Crippen LogP contribution is 2.31.